The number of ketones is 1. The Hall–Kier alpha value is -5.42. The predicted octanol–water partition coefficient (Wildman–Crippen LogP) is 7.07. The molecule has 0 fully saturated rings. The molecule has 1 amide bonds. The van der Waals surface area contributed by atoms with Crippen molar-refractivity contribution >= 4 is 56.3 Å². The van der Waals surface area contributed by atoms with Crippen LogP contribution in [0.2, 0.25) is 0 Å². The number of phenolic OH excluding ortho intramolecular Hbond substituents is 3. The maximum atomic E-state index is 14.4. The fraction of sp³-hybridized carbons (Fsp3) is 0.422. The van der Waals surface area contributed by atoms with Crippen LogP contribution < -0.4 is 10.1 Å². The van der Waals surface area contributed by atoms with E-state index in [1.165, 1.54) is 53.2 Å². The minimum Gasteiger partial charge on any atom is -0.507 e. The molecule has 0 spiro atoms. The molecule has 5 bridgehead atoms. The molecule has 9 atom stereocenters. The van der Waals surface area contributed by atoms with Crippen LogP contribution in [0.25, 0.3) is 10.8 Å². The number of allylic oxidation sites excluding steroid dienone is 2. The zero-order valence-electron chi connectivity index (χ0n) is 35.4. The van der Waals surface area contributed by atoms with Gasteiger partial charge in [0.2, 0.25) is 0 Å². The second-order valence-corrected chi connectivity index (χ2v) is 16.7. The van der Waals surface area contributed by atoms with E-state index in [1.54, 1.807) is 52.0 Å². The minimum atomic E-state index is -2.08. The number of fused-ring (bicyclic) bond motifs is 14. The SMILES string of the molecule is COC1/C=C/OC2(C)Oc3c(C)c(O)c4c(O)c(c(/C=N/OCc5ccc(Br)cc5)c(O)c4c3C2=O)NC(=O)/C(C)=C/C=C/C(C)C(O)C(C)C(O)C(C)C(OC(C)=O)C1C. The number of Topliss-reactive ketones (excluding diaryl/α,β-unsaturated/α-hetero) is 1. The number of hydrogen-bond donors (Lipinski definition) is 6. The number of aliphatic hydroxyl groups is 2. The van der Waals surface area contributed by atoms with Crippen molar-refractivity contribution in [2.24, 2.45) is 28.8 Å². The largest absolute Gasteiger partial charge is 0.507 e. The lowest BCUT2D eigenvalue weighted by Gasteiger charge is -2.38. The molecule has 15 nitrogen and oxygen atoms in total. The second kappa shape index (κ2) is 19.1. The summed E-state index contributed by atoms with van der Waals surface area (Å²) >= 11 is 3.38. The number of oxime groups is 1. The summed E-state index contributed by atoms with van der Waals surface area (Å²) in [4.78, 5) is 46.0. The van der Waals surface area contributed by atoms with Gasteiger partial charge in [-0.05, 0) is 37.6 Å². The van der Waals surface area contributed by atoms with Crippen molar-refractivity contribution in [2.45, 2.75) is 92.2 Å². The lowest BCUT2D eigenvalue weighted by molar-refractivity contribution is -0.160. The molecule has 3 aliphatic heterocycles. The number of carbonyl (C=O) groups excluding carboxylic acids is 3. The lowest BCUT2D eigenvalue weighted by atomic mass is 9.78. The van der Waals surface area contributed by atoms with Crippen molar-refractivity contribution in [3.63, 3.8) is 0 Å². The van der Waals surface area contributed by atoms with Crippen LogP contribution in [0.4, 0.5) is 5.69 Å². The zero-order valence-corrected chi connectivity index (χ0v) is 37.0. The molecule has 328 valence electrons. The summed E-state index contributed by atoms with van der Waals surface area (Å²) in [5.74, 6) is -8.77. The molecule has 0 aliphatic carbocycles. The number of carbonyl (C=O) groups is 3. The third-order valence-electron chi connectivity index (χ3n) is 11.4. The fourth-order valence-electron chi connectivity index (χ4n) is 7.65. The van der Waals surface area contributed by atoms with Gasteiger partial charge in [-0.25, -0.2) is 0 Å². The van der Waals surface area contributed by atoms with Crippen molar-refractivity contribution in [1.82, 2.24) is 0 Å². The number of ether oxygens (including phenoxy) is 4. The molecule has 0 radical (unpaired) electrons. The Morgan fingerprint density at radius 1 is 0.951 bits per heavy atom. The number of aliphatic hydroxyl groups excluding tert-OH is 2. The molecular weight excluding hydrogens is 856 g/mol. The van der Waals surface area contributed by atoms with Crippen LogP contribution in [0.15, 0.2) is 70.0 Å². The molecule has 3 aliphatic rings. The highest BCUT2D eigenvalue weighted by Gasteiger charge is 2.50. The summed E-state index contributed by atoms with van der Waals surface area (Å²) in [6.45, 7) is 12.4. The molecule has 3 heterocycles. The van der Waals surface area contributed by atoms with Crippen molar-refractivity contribution < 1.29 is 63.7 Å². The summed E-state index contributed by atoms with van der Waals surface area (Å²) in [6.07, 6.45) is 4.45. The molecule has 16 heteroatoms. The topological polar surface area (TPSA) is 223 Å². The molecule has 6 N–H and O–H groups in total. The van der Waals surface area contributed by atoms with Crippen LogP contribution in [0.5, 0.6) is 23.0 Å². The summed E-state index contributed by atoms with van der Waals surface area (Å²) < 4.78 is 24.4. The summed E-state index contributed by atoms with van der Waals surface area (Å²) in [5.41, 5.74) is 0.0678. The molecule has 0 saturated heterocycles. The molecule has 6 rings (SSSR count). The Labute approximate surface area is 362 Å². The van der Waals surface area contributed by atoms with Crippen molar-refractivity contribution in [2.75, 3.05) is 12.4 Å². The van der Waals surface area contributed by atoms with Crippen LogP contribution in [0, 0.1) is 30.6 Å². The van der Waals surface area contributed by atoms with Gasteiger partial charge >= 0.3 is 11.8 Å². The van der Waals surface area contributed by atoms with Gasteiger partial charge in [-0.1, -0.05) is 79.1 Å². The third kappa shape index (κ3) is 9.57. The minimum absolute atomic E-state index is 0.0158. The first-order valence-electron chi connectivity index (χ1n) is 19.7. The van der Waals surface area contributed by atoms with Gasteiger partial charge in [-0.15, -0.1) is 0 Å². The quantitative estimate of drug-likeness (QED) is 0.0480. The number of esters is 1. The van der Waals surface area contributed by atoms with Gasteiger partial charge in [-0.2, -0.15) is 0 Å². The van der Waals surface area contributed by atoms with Gasteiger partial charge in [0.25, 0.3) is 11.7 Å². The predicted molar refractivity (Wildman–Crippen MR) is 230 cm³/mol. The molecule has 0 saturated carbocycles. The average molecular weight is 910 g/mol. The van der Waals surface area contributed by atoms with Crippen LogP contribution in [0.1, 0.15) is 75.5 Å². The maximum Gasteiger partial charge on any atom is 0.312 e. The van der Waals surface area contributed by atoms with E-state index in [9.17, 15) is 39.9 Å². The number of nitrogens with zero attached hydrogens (tertiary/aromatic N) is 1. The molecule has 3 aromatic carbocycles. The van der Waals surface area contributed by atoms with E-state index >= 15 is 0 Å². The summed E-state index contributed by atoms with van der Waals surface area (Å²) in [5, 5.41) is 64.2. The number of aromatic hydroxyl groups is 3. The first-order valence-corrected chi connectivity index (χ1v) is 20.5. The van der Waals surface area contributed by atoms with Gasteiger partial charge in [0.15, 0.2) is 5.75 Å². The van der Waals surface area contributed by atoms with Crippen LogP contribution in [-0.2, 0) is 35.2 Å². The standard InChI is InChI=1S/C45H53BrN2O13/c1-21-11-10-12-22(2)44(56)48-35-30(19-47-59-20-28-13-15-29(46)16-14-28)39(53)32-33(40(35)54)38(52)26(6)42-34(32)43(55)45(8,61-42)58-18-17-31(57-9)23(3)41(60-27(7)49)25(5)37(51)24(4)36(21)50/h10-19,21,23-25,31,36-37,41,50-54H,20H2,1-9H3,(H,48,56)/b11-10+,18-17+,22-12+,47-19+. The number of amides is 1. The lowest BCUT2D eigenvalue weighted by Crippen LogP contribution is -2.46. The van der Waals surface area contributed by atoms with E-state index in [2.05, 4.69) is 26.4 Å². The molecule has 9 unspecified atom stereocenters. The monoisotopic (exact) mass is 908 g/mol. The van der Waals surface area contributed by atoms with Gasteiger partial charge in [-0.3, -0.25) is 14.4 Å². The Kier molecular flexibility index (Phi) is 14.6. The number of nitrogens with one attached hydrogen (secondary N) is 1. The number of rotatable bonds is 6. The second-order valence-electron chi connectivity index (χ2n) is 15.8. The van der Waals surface area contributed by atoms with Crippen molar-refractivity contribution in [1.29, 1.82) is 0 Å². The highest BCUT2D eigenvalue weighted by molar-refractivity contribution is 9.10. The first-order chi connectivity index (χ1) is 28.7. The maximum absolute atomic E-state index is 14.4. The molecule has 61 heavy (non-hydrogen) atoms. The average Bonchev–Trinajstić information content (AvgIpc) is 3.49. The van der Waals surface area contributed by atoms with E-state index in [1.807, 2.05) is 12.1 Å². The Balaban J connectivity index is 1.68. The van der Waals surface area contributed by atoms with E-state index < -0.39 is 88.8 Å². The van der Waals surface area contributed by atoms with Gasteiger partial charge < -0.3 is 54.6 Å². The van der Waals surface area contributed by atoms with Crippen LogP contribution >= 0.6 is 15.9 Å². The van der Waals surface area contributed by atoms with Crippen LogP contribution in [0.3, 0.4) is 0 Å². The van der Waals surface area contributed by atoms with Crippen molar-refractivity contribution in [3.05, 3.63) is 87.1 Å². The van der Waals surface area contributed by atoms with Gasteiger partial charge in [0, 0.05) is 65.6 Å². The summed E-state index contributed by atoms with van der Waals surface area (Å²) in [6, 6.07) is 7.25. The first kappa shape index (κ1) is 46.6. The fourth-order valence-corrected chi connectivity index (χ4v) is 7.92. The molecule has 0 aromatic heterocycles. The van der Waals surface area contributed by atoms with E-state index in [0.29, 0.717) is 0 Å². The number of hydrogen-bond acceptors (Lipinski definition) is 14. The highest BCUT2D eigenvalue weighted by Crippen LogP contribution is 2.55. The Morgan fingerprint density at radius 3 is 2.26 bits per heavy atom. The summed E-state index contributed by atoms with van der Waals surface area (Å²) in [7, 11) is 1.43. The number of anilines is 1. The number of benzene rings is 3. The van der Waals surface area contributed by atoms with E-state index in [4.69, 9.17) is 23.8 Å². The third-order valence-corrected chi connectivity index (χ3v) is 12.0. The van der Waals surface area contributed by atoms with Gasteiger partial charge in [0.05, 0.1) is 53.0 Å². The molecule has 3 aromatic rings. The number of halogens is 1. The Bertz CT molecular complexity index is 2290. The Morgan fingerprint density at radius 2 is 1.62 bits per heavy atom. The van der Waals surface area contributed by atoms with E-state index in [0.717, 1.165) is 16.3 Å². The molecular formula is C45H53BrN2O13. The smallest absolute Gasteiger partial charge is 0.312 e. The number of phenols is 3. The number of methoxy groups -OCH3 is 1. The van der Waals surface area contributed by atoms with E-state index in [-0.39, 0.29) is 51.1 Å². The van der Waals surface area contributed by atoms with Crippen LogP contribution in [-0.4, -0.2) is 86.7 Å². The zero-order chi connectivity index (χ0) is 45.1. The highest BCUT2D eigenvalue weighted by atomic mass is 79.9. The van der Waals surface area contributed by atoms with Gasteiger partial charge in [0.1, 0.15) is 30.0 Å². The van der Waals surface area contributed by atoms with Crippen molar-refractivity contribution in [3.8, 4) is 23.0 Å². The normalized spacial score (nSPS) is 29.4.